The molecule has 0 unspecified atom stereocenters. The highest BCUT2D eigenvalue weighted by molar-refractivity contribution is 5.91. The molecule has 1 fully saturated rings. The highest BCUT2D eigenvalue weighted by atomic mass is 16.3. The maximum absolute atomic E-state index is 11.9. The van der Waals surface area contributed by atoms with E-state index in [1.807, 2.05) is 19.1 Å². The Morgan fingerprint density at radius 3 is 2.65 bits per heavy atom. The first-order chi connectivity index (χ1) is 9.54. The first-order valence-electron chi connectivity index (χ1n) is 7.33. The van der Waals surface area contributed by atoms with Crippen LogP contribution in [0.25, 0.3) is 6.08 Å². The van der Waals surface area contributed by atoms with E-state index in [0.29, 0.717) is 17.8 Å². The molecule has 1 aliphatic heterocycles. The van der Waals surface area contributed by atoms with Crippen molar-refractivity contribution in [2.45, 2.75) is 45.7 Å². The monoisotopic (exact) mass is 276 g/mol. The van der Waals surface area contributed by atoms with E-state index in [9.17, 15) is 4.79 Å². The molecule has 110 valence electrons. The van der Waals surface area contributed by atoms with Gasteiger partial charge in [-0.3, -0.25) is 4.79 Å². The zero-order chi connectivity index (χ0) is 14.5. The van der Waals surface area contributed by atoms with Crippen molar-refractivity contribution < 1.29 is 9.21 Å². The van der Waals surface area contributed by atoms with Gasteiger partial charge in [0, 0.05) is 31.2 Å². The standard InChI is InChI=1S/C16H24N2O2/c1-12(2)18-10-8-14(9-11-18)17-16(19)7-6-15-5-4-13(3)20-15/h4-7,12,14H,8-11H2,1-3H3,(H,17,19)/b7-6+. The van der Waals surface area contributed by atoms with Crippen LogP contribution in [-0.2, 0) is 4.79 Å². The molecule has 1 N–H and O–H groups in total. The molecule has 0 aromatic carbocycles. The SMILES string of the molecule is Cc1ccc(/C=C/C(=O)NC2CCN(C(C)C)CC2)o1. The summed E-state index contributed by atoms with van der Waals surface area (Å²) in [5.74, 6) is 1.53. The van der Waals surface area contributed by atoms with Crippen molar-refractivity contribution >= 4 is 12.0 Å². The molecule has 0 radical (unpaired) electrons. The second-order valence-electron chi connectivity index (χ2n) is 5.69. The van der Waals surface area contributed by atoms with E-state index in [4.69, 9.17) is 4.42 Å². The van der Waals surface area contributed by atoms with Gasteiger partial charge in [-0.25, -0.2) is 0 Å². The molecule has 0 saturated carbocycles. The molecule has 1 aliphatic rings. The maximum atomic E-state index is 11.9. The van der Waals surface area contributed by atoms with Crippen LogP contribution in [0.15, 0.2) is 22.6 Å². The van der Waals surface area contributed by atoms with Gasteiger partial charge in [0.05, 0.1) is 0 Å². The Bertz CT molecular complexity index is 469. The van der Waals surface area contributed by atoms with E-state index >= 15 is 0 Å². The Balaban J connectivity index is 1.77. The number of carbonyl (C=O) groups is 1. The minimum Gasteiger partial charge on any atom is -0.462 e. The van der Waals surface area contributed by atoms with Gasteiger partial charge in [0.25, 0.3) is 0 Å². The summed E-state index contributed by atoms with van der Waals surface area (Å²) >= 11 is 0. The minimum absolute atomic E-state index is 0.0398. The second-order valence-corrected chi connectivity index (χ2v) is 5.69. The van der Waals surface area contributed by atoms with Gasteiger partial charge < -0.3 is 14.6 Å². The third-order valence-corrected chi connectivity index (χ3v) is 3.77. The van der Waals surface area contributed by atoms with E-state index in [2.05, 4.69) is 24.1 Å². The predicted molar refractivity (Wildman–Crippen MR) is 80.4 cm³/mol. The Kier molecular flexibility index (Phi) is 5.01. The fraction of sp³-hybridized carbons (Fsp3) is 0.562. The number of aryl methyl sites for hydroxylation is 1. The normalized spacial score (nSPS) is 18.0. The number of nitrogens with zero attached hydrogens (tertiary/aromatic N) is 1. The minimum atomic E-state index is -0.0398. The first kappa shape index (κ1) is 14.9. The number of hydrogen-bond acceptors (Lipinski definition) is 3. The molecule has 0 bridgehead atoms. The zero-order valence-corrected chi connectivity index (χ0v) is 12.6. The van der Waals surface area contributed by atoms with E-state index in [-0.39, 0.29) is 5.91 Å². The summed E-state index contributed by atoms with van der Waals surface area (Å²) in [6, 6.07) is 4.63. The van der Waals surface area contributed by atoms with Crippen molar-refractivity contribution in [1.29, 1.82) is 0 Å². The van der Waals surface area contributed by atoms with Crippen LogP contribution < -0.4 is 5.32 Å². The zero-order valence-electron chi connectivity index (χ0n) is 12.6. The Labute approximate surface area is 120 Å². The molecular formula is C16H24N2O2. The fourth-order valence-electron chi connectivity index (χ4n) is 2.51. The molecule has 0 atom stereocenters. The lowest BCUT2D eigenvalue weighted by Gasteiger charge is -2.34. The number of nitrogens with one attached hydrogen (secondary N) is 1. The molecule has 1 amide bonds. The van der Waals surface area contributed by atoms with Gasteiger partial charge in [-0.05, 0) is 51.8 Å². The third-order valence-electron chi connectivity index (χ3n) is 3.77. The summed E-state index contributed by atoms with van der Waals surface area (Å²) in [5, 5.41) is 3.06. The quantitative estimate of drug-likeness (QED) is 0.860. The van der Waals surface area contributed by atoms with Gasteiger partial charge in [-0.2, -0.15) is 0 Å². The van der Waals surface area contributed by atoms with Crippen molar-refractivity contribution in [1.82, 2.24) is 10.2 Å². The van der Waals surface area contributed by atoms with Gasteiger partial charge in [0.15, 0.2) is 0 Å². The van der Waals surface area contributed by atoms with E-state index in [0.717, 1.165) is 31.7 Å². The molecule has 4 nitrogen and oxygen atoms in total. The molecule has 4 heteroatoms. The van der Waals surface area contributed by atoms with Crippen LogP contribution in [0.3, 0.4) is 0 Å². The molecule has 2 heterocycles. The maximum Gasteiger partial charge on any atom is 0.244 e. The summed E-state index contributed by atoms with van der Waals surface area (Å²) in [6.07, 6.45) is 5.31. The molecular weight excluding hydrogens is 252 g/mol. The number of furan rings is 1. The Hall–Kier alpha value is -1.55. The van der Waals surface area contributed by atoms with Gasteiger partial charge in [0.2, 0.25) is 5.91 Å². The smallest absolute Gasteiger partial charge is 0.244 e. The highest BCUT2D eigenvalue weighted by Crippen LogP contribution is 2.13. The van der Waals surface area contributed by atoms with Crippen molar-refractivity contribution in [2.75, 3.05) is 13.1 Å². The van der Waals surface area contributed by atoms with Crippen molar-refractivity contribution in [3.8, 4) is 0 Å². The predicted octanol–water partition coefficient (Wildman–Crippen LogP) is 2.59. The topological polar surface area (TPSA) is 45.5 Å². The number of rotatable bonds is 4. The number of carbonyl (C=O) groups excluding carboxylic acids is 1. The summed E-state index contributed by atoms with van der Waals surface area (Å²) in [4.78, 5) is 14.3. The fourth-order valence-corrected chi connectivity index (χ4v) is 2.51. The van der Waals surface area contributed by atoms with E-state index < -0.39 is 0 Å². The summed E-state index contributed by atoms with van der Waals surface area (Å²) in [6.45, 7) is 8.44. The van der Waals surface area contributed by atoms with Crippen molar-refractivity contribution in [2.24, 2.45) is 0 Å². The Morgan fingerprint density at radius 1 is 1.40 bits per heavy atom. The Morgan fingerprint density at radius 2 is 2.10 bits per heavy atom. The molecule has 1 aromatic heterocycles. The third kappa shape index (κ3) is 4.23. The van der Waals surface area contributed by atoms with Crippen molar-refractivity contribution in [3.63, 3.8) is 0 Å². The molecule has 2 rings (SSSR count). The number of likely N-dealkylation sites (tertiary alicyclic amines) is 1. The van der Waals surface area contributed by atoms with Crippen LogP contribution in [0, 0.1) is 6.92 Å². The highest BCUT2D eigenvalue weighted by Gasteiger charge is 2.21. The molecule has 20 heavy (non-hydrogen) atoms. The molecule has 0 aliphatic carbocycles. The summed E-state index contributed by atoms with van der Waals surface area (Å²) in [7, 11) is 0. The van der Waals surface area contributed by atoms with Crippen LogP contribution in [0.5, 0.6) is 0 Å². The number of amides is 1. The van der Waals surface area contributed by atoms with Crippen LogP contribution in [0.2, 0.25) is 0 Å². The van der Waals surface area contributed by atoms with E-state index in [1.165, 1.54) is 0 Å². The first-order valence-corrected chi connectivity index (χ1v) is 7.33. The van der Waals surface area contributed by atoms with E-state index in [1.54, 1.807) is 12.2 Å². The summed E-state index contributed by atoms with van der Waals surface area (Å²) < 4.78 is 5.39. The van der Waals surface area contributed by atoms with Gasteiger partial charge in [-0.1, -0.05) is 0 Å². The van der Waals surface area contributed by atoms with Crippen LogP contribution >= 0.6 is 0 Å². The van der Waals surface area contributed by atoms with Gasteiger partial charge in [0.1, 0.15) is 11.5 Å². The van der Waals surface area contributed by atoms with Gasteiger partial charge in [-0.15, -0.1) is 0 Å². The lowest BCUT2D eigenvalue weighted by molar-refractivity contribution is -0.117. The number of piperidine rings is 1. The van der Waals surface area contributed by atoms with Crippen molar-refractivity contribution in [3.05, 3.63) is 29.7 Å². The average Bonchev–Trinajstić information content (AvgIpc) is 2.83. The van der Waals surface area contributed by atoms with Crippen LogP contribution in [0.1, 0.15) is 38.2 Å². The summed E-state index contributed by atoms with van der Waals surface area (Å²) in [5.41, 5.74) is 0. The lowest BCUT2D eigenvalue weighted by Crippen LogP contribution is -2.46. The second kappa shape index (κ2) is 6.75. The lowest BCUT2D eigenvalue weighted by atomic mass is 10.0. The molecule has 0 spiro atoms. The molecule has 1 aromatic rings. The molecule has 1 saturated heterocycles. The number of hydrogen-bond donors (Lipinski definition) is 1. The van der Waals surface area contributed by atoms with Crippen LogP contribution in [-0.4, -0.2) is 36.0 Å². The van der Waals surface area contributed by atoms with Gasteiger partial charge >= 0.3 is 0 Å². The van der Waals surface area contributed by atoms with Crippen LogP contribution in [0.4, 0.5) is 0 Å². The largest absolute Gasteiger partial charge is 0.462 e. The average molecular weight is 276 g/mol.